The first-order valence-electron chi connectivity index (χ1n) is 7.35. The number of carbonyl (C=O) groups is 1. The molecule has 116 valence electrons. The molecule has 1 aromatic heterocycles. The van der Waals surface area contributed by atoms with Crippen LogP contribution in [0, 0.1) is 5.92 Å². The number of benzene rings is 1. The summed E-state index contributed by atoms with van der Waals surface area (Å²) >= 11 is 0. The first-order valence-corrected chi connectivity index (χ1v) is 7.35. The normalized spacial score (nSPS) is 20.8. The summed E-state index contributed by atoms with van der Waals surface area (Å²) in [4.78, 5) is 20.3. The van der Waals surface area contributed by atoms with E-state index in [0.717, 1.165) is 41.7 Å². The Morgan fingerprint density at radius 1 is 1.27 bits per heavy atom. The molecule has 1 saturated carbocycles. The minimum atomic E-state index is -0.126. The second-order valence-electron chi connectivity index (χ2n) is 5.45. The third-order valence-corrected chi connectivity index (χ3v) is 4.16. The van der Waals surface area contributed by atoms with Crippen molar-refractivity contribution in [1.29, 1.82) is 0 Å². The molecule has 22 heavy (non-hydrogen) atoms. The molecule has 3 rings (SSSR count). The molecule has 0 radical (unpaired) electrons. The third-order valence-electron chi connectivity index (χ3n) is 4.16. The van der Waals surface area contributed by atoms with Gasteiger partial charge in [-0.15, -0.1) is 0 Å². The van der Waals surface area contributed by atoms with Gasteiger partial charge in [0, 0.05) is 11.4 Å². The number of nitrogens with zero attached hydrogens (tertiary/aromatic N) is 2. The molecule has 0 saturated heterocycles. The topological polar surface area (TPSA) is 73.3 Å². The van der Waals surface area contributed by atoms with E-state index in [9.17, 15) is 4.79 Å². The van der Waals surface area contributed by atoms with Crippen LogP contribution in [0.1, 0.15) is 19.3 Å². The van der Waals surface area contributed by atoms with Crippen molar-refractivity contribution in [3.63, 3.8) is 0 Å². The molecule has 1 aromatic carbocycles. The molecule has 0 unspecified atom stereocenters. The summed E-state index contributed by atoms with van der Waals surface area (Å²) in [6.07, 6.45) is 4.06. The molecule has 0 bridgehead atoms. The predicted octanol–water partition coefficient (Wildman–Crippen LogP) is 2.39. The SMILES string of the molecule is COC(=O)[C@@H]1CC[C@H](Nc2ncnc3c(OC)cccc23)C1. The number of methoxy groups -OCH3 is 2. The van der Waals surface area contributed by atoms with Crippen LogP contribution < -0.4 is 10.1 Å². The van der Waals surface area contributed by atoms with Crippen LogP contribution in [0.25, 0.3) is 10.9 Å². The van der Waals surface area contributed by atoms with E-state index in [2.05, 4.69) is 15.3 Å². The maximum Gasteiger partial charge on any atom is 0.308 e. The Labute approximate surface area is 128 Å². The zero-order chi connectivity index (χ0) is 15.5. The summed E-state index contributed by atoms with van der Waals surface area (Å²) in [7, 11) is 3.06. The Bertz CT molecular complexity index is 689. The summed E-state index contributed by atoms with van der Waals surface area (Å²) in [5.74, 6) is 1.35. The van der Waals surface area contributed by atoms with Gasteiger partial charge in [0.1, 0.15) is 23.4 Å². The standard InChI is InChI=1S/C16H19N3O3/c1-21-13-5-3-4-12-14(13)17-9-18-15(12)19-11-7-6-10(8-11)16(20)22-2/h3-5,9-11H,6-8H2,1-2H3,(H,17,18,19)/t10-,11+/m1/s1. The van der Waals surface area contributed by atoms with Crippen molar-refractivity contribution in [2.24, 2.45) is 5.92 Å². The summed E-state index contributed by atoms with van der Waals surface area (Å²) in [5, 5.41) is 4.35. The summed E-state index contributed by atoms with van der Waals surface area (Å²) in [6, 6.07) is 5.98. The number of anilines is 1. The van der Waals surface area contributed by atoms with E-state index in [0.29, 0.717) is 0 Å². The molecule has 0 spiro atoms. The fourth-order valence-corrected chi connectivity index (χ4v) is 3.03. The van der Waals surface area contributed by atoms with E-state index in [4.69, 9.17) is 9.47 Å². The first kappa shape index (κ1) is 14.6. The molecular weight excluding hydrogens is 282 g/mol. The van der Waals surface area contributed by atoms with Gasteiger partial charge in [0.15, 0.2) is 0 Å². The van der Waals surface area contributed by atoms with Crippen molar-refractivity contribution in [1.82, 2.24) is 9.97 Å². The number of ether oxygens (including phenoxy) is 2. The average molecular weight is 301 g/mol. The molecule has 6 nitrogen and oxygen atoms in total. The van der Waals surface area contributed by atoms with Gasteiger partial charge < -0.3 is 14.8 Å². The van der Waals surface area contributed by atoms with Gasteiger partial charge in [-0.3, -0.25) is 4.79 Å². The van der Waals surface area contributed by atoms with Crippen LogP contribution in [0.15, 0.2) is 24.5 Å². The highest BCUT2D eigenvalue weighted by molar-refractivity contribution is 5.92. The Morgan fingerprint density at radius 2 is 2.14 bits per heavy atom. The lowest BCUT2D eigenvalue weighted by Gasteiger charge is -2.15. The Kier molecular flexibility index (Phi) is 4.09. The molecule has 1 aliphatic carbocycles. The Hall–Kier alpha value is -2.37. The molecule has 6 heteroatoms. The number of fused-ring (bicyclic) bond motifs is 1. The quantitative estimate of drug-likeness (QED) is 0.874. The Morgan fingerprint density at radius 3 is 2.91 bits per heavy atom. The van der Waals surface area contributed by atoms with Crippen molar-refractivity contribution in [2.75, 3.05) is 19.5 Å². The van der Waals surface area contributed by atoms with Crippen LogP contribution in [0.4, 0.5) is 5.82 Å². The molecule has 0 aliphatic heterocycles. The first-order chi connectivity index (χ1) is 10.7. The summed E-state index contributed by atoms with van der Waals surface area (Å²) < 4.78 is 10.2. The van der Waals surface area contributed by atoms with Gasteiger partial charge in [0.25, 0.3) is 0 Å². The lowest BCUT2D eigenvalue weighted by molar-refractivity contribution is -0.145. The van der Waals surface area contributed by atoms with Gasteiger partial charge in [-0.1, -0.05) is 6.07 Å². The molecule has 0 amide bonds. The number of hydrogen-bond donors (Lipinski definition) is 1. The molecule has 1 heterocycles. The van der Waals surface area contributed by atoms with Crippen LogP contribution in [-0.2, 0) is 9.53 Å². The van der Waals surface area contributed by atoms with Crippen LogP contribution in [0.2, 0.25) is 0 Å². The highest BCUT2D eigenvalue weighted by atomic mass is 16.5. The number of hydrogen-bond acceptors (Lipinski definition) is 6. The maximum atomic E-state index is 11.6. The number of rotatable bonds is 4. The van der Waals surface area contributed by atoms with Gasteiger partial charge in [-0.2, -0.15) is 0 Å². The van der Waals surface area contributed by atoms with E-state index < -0.39 is 0 Å². The minimum Gasteiger partial charge on any atom is -0.494 e. The van der Waals surface area contributed by atoms with Crippen LogP contribution in [-0.4, -0.2) is 36.2 Å². The van der Waals surface area contributed by atoms with E-state index in [1.807, 2.05) is 18.2 Å². The van der Waals surface area contributed by atoms with E-state index >= 15 is 0 Å². The minimum absolute atomic E-state index is 0.0230. The van der Waals surface area contributed by atoms with E-state index in [-0.39, 0.29) is 17.9 Å². The number of carbonyl (C=O) groups excluding carboxylic acids is 1. The molecule has 2 atom stereocenters. The largest absolute Gasteiger partial charge is 0.494 e. The van der Waals surface area contributed by atoms with Gasteiger partial charge in [-0.05, 0) is 31.4 Å². The number of nitrogens with one attached hydrogen (secondary N) is 1. The summed E-state index contributed by atoms with van der Waals surface area (Å²) in [6.45, 7) is 0. The van der Waals surface area contributed by atoms with Crippen LogP contribution in [0.3, 0.4) is 0 Å². The molecule has 2 aromatic rings. The highest BCUT2D eigenvalue weighted by Gasteiger charge is 2.31. The second kappa shape index (κ2) is 6.17. The maximum absolute atomic E-state index is 11.6. The van der Waals surface area contributed by atoms with Gasteiger partial charge in [-0.25, -0.2) is 9.97 Å². The zero-order valence-corrected chi connectivity index (χ0v) is 12.7. The van der Waals surface area contributed by atoms with E-state index in [1.165, 1.54) is 13.4 Å². The van der Waals surface area contributed by atoms with Crippen molar-refractivity contribution in [3.05, 3.63) is 24.5 Å². The molecule has 1 N–H and O–H groups in total. The fourth-order valence-electron chi connectivity index (χ4n) is 3.03. The Balaban J connectivity index is 1.82. The van der Waals surface area contributed by atoms with Crippen LogP contribution >= 0.6 is 0 Å². The number of aromatic nitrogens is 2. The number of para-hydroxylation sites is 1. The fraction of sp³-hybridized carbons (Fsp3) is 0.438. The van der Waals surface area contributed by atoms with Crippen LogP contribution in [0.5, 0.6) is 5.75 Å². The predicted molar refractivity (Wildman–Crippen MR) is 82.9 cm³/mol. The lowest BCUT2D eigenvalue weighted by Crippen LogP contribution is -2.19. The van der Waals surface area contributed by atoms with E-state index in [1.54, 1.807) is 7.11 Å². The molecular formula is C16H19N3O3. The number of esters is 1. The summed E-state index contributed by atoms with van der Waals surface area (Å²) in [5.41, 5.74) is 0.782. The average Bonchev–Trinajstić information content (AvgIpc) is 3.02. The lowest BCUT2D eigenvalue weighted by atomic mass is 10.1. The van der Waals surface area contributed by atoms with Crippen molar-refractivity contribution in [2.45, 2.75) is 25.3 Å². The van der Waals surface area contributed by atoms with Crippen molar-refractivity contribution in [3.8, 4) is 5.75 Å². The van der Waals surface area contributed by atoms with Gasteiger partial charge in [0.2, 0.25) is 0 Å². The van der Waals surface area contributed by atoms with Gasteiger partial charge >= 0.3 is 5.97 Å². The monoisotopic (exact) mass is 301 g/mol. The molecule has 1 fully saturated rings. The second-order valence-corrected chi connectivity index (χ2v) is 5.45. The third kappa shape index (κ3) is 2.68. The zero-order valence-electron chi connectivity index (χ0n) is 12.7. The van der Waals surface area contributed by atoms with Crippen molar-refractivity contribution >= 4 is 22.7 Å². The molecule has 1 aliphatic rings. The highest BCUT2D eigenvalue weighted by Crippen LogP contribution is 2.32. The smallest absolute Gasteiger partial charge is 0.308 e. The van der Waals surface area contributed by atoms with Crippen molar-refractivity contribution < 1.29 is 14.3 Å². The van der Waals surface area contributed by atoms with Gasteiger partial charge in [0.05, 0.1) is 20.1 Å².